The Kier molecular flexibility index (Phi) is 4.74. The highest BCUT2D eigenvalue weighted by Crippen LogP contribution is 2.43. The number of hydrogen-bond donors (Lipinski definition) is 2. The average molecular weight is 394 g/mol. The van der Waals surface area contributed by atoms with Crippen LogP contribution in [-0.2, 0) is 0 Å². The largest absolute Gasteiger partial charge is 0.507 e. The SMILES string of the molecule is CCC/C=c1\cc2c(cc1F)=C(c1ccccc1O)c1cc(F)c(O)c(C)c1O2. The molecule has 0 radical (unpaired) electrons. The number of aromatic hydroxyl groups is 2. The van der Waals surface area contributed by atoms with Gasteiger partial charge in [0, 0.05) is 32.7 Å². The fraction of sp³-hybridized carbons (Fsp3) is 0.167. The molecule has 3 aromatic rings. The molecule has 5 heteroatoms. The van der Waals surface area contributed by atoms with Gasteiger partial charge in [0.25, 0.3) is 0 Å². The van der Waals surface area contributed by atoms with Crippen LogP contribution in [0.5, 0.6) is 23.0 Å². The van der Waals surface area contributed by atoms with Crippen LogP contribution in [0.4, 0.5) is 8.78 Å². The molecule has 3 aromatic carbocycles. The monoisotopic (exact) mass is 394 g/mol. The molecule has 0 unspecified atom stereocenters. The van der Waals surface area contributed by atoms with Gasteiger partial charge in [-0.3, -0.25) is 0 Å². The molecule has 0 saturated carbocycles. The van der Waals surface area contributed by atoms with Crippen molar-refractivity contribution in [1.82, 2.24) is 0 Å². The molecule has 0 saturated heterocycles. The highest BCUT2D eigenvalue weighted by Gasteiger charge is 2.27. The lowest BCUT2D eigenvalue weighted by atomic mass is 9.90. The number of para-hydroxylation sites is 1. The first-order valence-electron chi connectivity index (χ1n) is 9.45. The summed E-state index contributed by atoms with van der Waals surface area (Å²) in [5, 5.41) is 21.3. The molecular weight excluding hydrogens is 374 g/mol. The van der Waals surface area contributed by atoms with E-state index in [0.29, 0.717) is 39.3 Å². The summed E-state index contributed by atoms with van der Waals surface area (Å²) in [6, 6.07) is 10.7. The van der Waals surface area contributed by atoms with Crippen molar-refractivity contribution in [2.24, 2.45) is 0 Å². The van der Waals surface area contributed by atoms with Gasteiger partial charge in [-0.15, -0.1) is 0 Å². The molecule has 2 N–H and O–H groups in total. The molecule has 0 aliphatic carbocycles. The zero-order valence-electron chi connectivity index (χ0n) is 16.1. The Morgan fingerprint density at radius 3 is 2.48 bits per heavy atom. The quantitative estimate of drug-likeness (QED) is 0.533. The number of fused-ring (bicyclic) bond motifs is 2. The highest BCUT2D eigenvalue weighted by atomic mass is 19.1. The molecule has 0 aromatic heterocycles. The second kappa shape index (κ2) is 7.24. The molecular formula is C24H20F2O3. The summed E-state index contributed by atoms with van der Waals surface area (Å²) in [6.07, 6.45) is 3.39. The lowest BCUT2D eigenvalue weighted by Crippen LogP contribution is -2.23. The molecule has 0 fully saturated rings. The number of benzene rings is 3. The van der Waals surface area contributed by atoms with Gasteiger partial charge in [0.15, 0.2) is 11.6 Å². The fourth-order valence-electron chi connectivity index (χ4n) is 3.60. The van der Waals surface area contributed by atoms with E-state index in [-0.39, 0.29) is 17.1 Å². The smallest absolute Gasteiger partial charge is 0.165 e. The van der Waals surface area contributed by atoms with Gasteiger partial charge in [-0.2, -0.15) is 0 Å². The van der Waals surface area contributed by atoms with Gasteiger partial charge >= 0.3 is 0 Å². The van der Waals surface area contributed by atoms with E-state index in [4.69, 9.17) is 4.74 Å². The van der Waals surface area contributed by atoms with E-state index in [2.05, 4.69) is 0 Å². The summed E-state index contributed by atoms with van der Waals surface area (Å²) in [4.78, 5) is 0. The van der Waals surface area contributed by atoms with Gasteiger partial charge in [0.05, 0.1) is 0 Å². The van der Waals surface area contributed by atoms with Crippen molar-refractivity contribution >= 4 is 11.6 Å². The van der Waals surface area contributed by atoms with Crippen molar-refractivity contribution in [1.29, 1.82) is 0 Å². The number of halogens is 2. The Balaban J connectivity index is 2.15. The zero-order valence-corrected chi connectivity index (χ0v) is 16.1. The van der Waals surface area contributed by atoms with E-state index in [1.165, 1.54) is 12.1 Å². The van der Waals surface area contributed by atoms with Crippen LogP contribution in [0.2, 0.25) is 0 Å². The number of phenolic OH excluding ortho intramolecular Hbond substituents is 2. The van der Waals surface area contributed by atoms with Crippen LogP contribution in [0.25, 0.3) is 11.6 Å². The van der Waals surface area contributed by atoms with E-state index >= 15 is 0 Å². The summed E-state index contributed by atoms with van der Waals surface area (Å²) in [7, 11) is 0. The van der Waals surface area contributed by atoms with E-state index in [1.54, 1.807) is 37.3 Å². The molecule has 0 spiro atoms. The molecule has 29 heavy (non-hydrogen) atoms. The minimum atomic E-state index is -0.811. The maximum absolute atomic E-state index is 14.8. The lowest BCUT2D eigenvalue weighted by Gasteiger charge is -2.24. The van der Waals surface area contributed by atoms with Crippen molar-refractivity contribution in [2.75, 3.05) is 0 Å². The van der Waals surface area contributed by atoms with Crippen molar-refractivity contribution in [3.63, 3.8) is 0 Å². The number of rotatable bonds is 3. The first-order valence-corrected chi connectivity index (χ1v) is 9.45. The van der Waals surface area contributed by atoms with Crippen LogP contribution >= 0.6 is 0 Å². The van der Waals surface area contributed by atoms with E-state index in [1.807, 2.05) is 6.92 Å². The lowest BCUT2D eigenvalue weighted by molar-refractivity contribution is 0.412. The average Bonchev–Trinajstić information content (AvgIpc) is 2.70. The Morgan fingerprint density at radius 2 is 1.76 bits per heavy atom. The second-order valence-electron chi connectivity index (χ2n) is 7.07. The van der Waals surface area contributed by atoms with Gasteiger partial charge in [-0.25, -0.2) is 8.78 Å². The molecule has 1 aliphatic heterocycles. The first-order chi connectivity index (χ1) is 13.9. The molecule has 0 amide bonds. The van der Waals surface area contributed by atoms with Crippen LogP contribution in [0, 0.1) is 18.6 Å². The van der Waals surface area contributed by atoms with E-state index in [9.17, 15) is 19.0 Å². The van der Waals surface area contributed by atoms with Crippen LogP contribution in [0.1, 0.15) is 36.5 Å². The standard InChI is InChI=1S/C24H20F2O3/c1-3-4-7-14-10-21-16(11-18(14)25)22(15-8-5-6-9-20(15)27)17-12-19(26)23(28)13(2)24(17)29-21/h5-12,27-28H,3-4H2,1-2H3/b14-7+. The minimum Gasteiger partial charge on any atom is -0.507 e. The third-order valence-corrected chi connectivity index (χ3v) is 5.11. The predicted octanol–water partition coefficient (Wildman–Crippen LogP) is 4.62. The van der Waals surface area contributed by atoms with Gasteiger partial charge in [-0.05, 0) is 37.6 Å². The summed E-state index contributed by atoms with van der Waals surface area (Å²) in [5.74, 6) is -1.09. The van der Waals surface area contributed by atoms with E-state index in [0.717, 1.165) is 12.5 Å². The molecule has 0 bridgehead atoms. The molecule has 148 valence electrons. The minimum absolute atomic E-state index is 0.0190. The highest BCUT2D eigenvalue weighted by molar-refractivity contribution is 5.88. The topological polar surface area (TPSA) is 49.7 Å². The van der Waals surface area contributed by atoms with Crippen LogP contribution in [-0.4, -0.2) is 10.2 Å². The molecule has 1 heterocycles. The third kappa shape index (κ3) is 3.12. The van der Waals surface area contributed by atoms with Gasteiger partial charge in [0.2, 0.25) is 0 Å². The van der Waals surface area contributed by atoms with Crippen molar-refractivity contribution in [2.45, 2.75) is 26.7 Å². The fourth-order valence-corrected chi connectivity index (χ4v) is 3.60. The number of phenols is 2. The van der Waals surface area contributed by atoms with Crippen molar-refractivity contribution in [3.8, 4) is 23.0 Å². The number of unbranched alkanes of at least 4 members (excludes halogenated alkanes) is 1. The second-order valence-corrected chi connectivity index (χ2v) is 7.07. The van der Waals surface area contributed by atoms with Crippen LogP contribution in [0.3, 0.4) is 0 Å². The Labute approximate surface area is 166 Å². The van der Waals surface area contributed by atoms with Crippen LogP contribution in [0.15, 0.2) is 42.5 Å². The predicted molar refractivity (Wildman–Crippen MR) is 108 cm³/mol. The number of ether oxygens (including phenoxy) is 1. The maximum Gasteiger partial charge on any atom is 0.165 e. The summed E-state index contributed by atoms with van der Waals surface area (Å²) < 4.78 is 35.2. The molecule has 4 rings (SSSR count). The summed E-state index contributed by atoms with van der Waals surface area (Å²) >= 11 is 0. The normalized spacial score (nSPS) is 13.1. The van der Waals surface area contributed by atoms with E-state index < -0.39 is 17.4 Å². The third-order valence-electron chi connectivity index (χ3n) is 5.11. The summed E-state index contributed by atoms with van der Waals surface area (Å²) in [5.41, 5.74) is 1.45. The van der Waals surface area contributed by atoms with Crippen molar-refractivity contribution in [3.05, 3.63) is 81.2 Å². The van der Waals surface area contributed by atoms with Gasteiger partial charge in [-0.1, -0.05) is 37.6 Å². The van der Waals surface area contributed by atoms with Crippen LogP contribution < -0.4 is 15.2 Å². The maximum atomic E-state index is 14.8. The van der Waals surface area contributed by atoms with Crippen molar-refractivity contribution < 1.29 is 23.7 Å². The molecule has 0 atom stereocenters. The summed E-state index contributed by atoms with van der Waals surface area (Å²) in [6.45, 7) is 3.56. The van der Waals surface area contributed by atoms with Gasteiger partial charge in [0.1, 0.15) is 23.1 Å². The zero-order chi connectivity index (χ0) is 20.7. The van der Waals surface area contributed by atoms with Gasteiger partial charge < -0.3 is 14.9 Å². The first kappa shape index (κ1) is 19.0. The Bertz CT molecular complexity index is 1250. The molecule has 3 nitrogen and oxygen atoms in total. The Hall–Kier alpha value is -3.34. The molecule has 1 aliphatic rings. The Morgan fingerprint density at radius 1 is 1.00 bits per heavy atom. The number of hydrogen-bond acceptors (Lipinski definition) is 3.